The SMILES string of the molecule is C/C(=C\C=C\C(C)c1cccnc1)[C@@H](C=O)[C@@H](C)/C=C/[C@H](OC(=O)N1CCN(C2CCCCCC2)CC1)[C@@](C)(O)CC[C@H](O)CC=O. The zero-order valence-corrected chi connectivity index (χ0v) is 28.9. The molecular formula is C38H57N3O6. The Kier molecular flexibility index (Phi) is 16.0. The van der Waals surface area contributed by atoms with Gasteiger partial charge in [0.2, 0.25) is 0 Å². The van der Waals surface area contributed by atoms with E-state index < -0.39 is 29.8 Å². The van der Waals surface area contributed by atoms with Crippen LogP contribution in [0.3, 0.4) is 0 Å². The van der Waals surface area contributed by atoms with Crippen molar-refractivity contribution in [1.29, 1.82) is 0 Å². The molecule has 3 rings (SSSR count). The lowest BCUT2D eigenvalue weighted by Gasteiger charge is -2.40. The minimum absolute atomic E-state index is 0.0270. The number of pyridine rings is 1. The van der Waals surface area contributed by atoms with E-state index in [0.717, 1.165) is 30.5 Å². The van der Waals surface area contributed by atoms with Crippen molar-refractivity contribution < 1.29 is 29.3 Å². The quantitative estimate of drug-likeness (QED) is 0.0964. The van der Waals surface area contributed by atoms with Crippen LogP contribution in [0.5, 0.6) is 0 Å². The summed E-state index contributed by atoms with van der Waals surface area (Å²) in [5.41, 5.74) is 0.478. The monoisotopic (exact) mass is 651 g/mol. The number of allylic oxidation sites excluding steroid dienone is 5. The molecule has 1 unspecified atom stereocenters. The number of hydrogen-bond donors (Lipinski definition) is 2. The number of aliphatic hydroxyl groups is 2. The van der Waals surface area contributed by atoms with Crippen molar-refractivity contribution in [2.75, 3.05) is 26.2 Å². The highest BCUT2D eigenvalue weighted by Crippen LogP contribution is 2.27. The molecule has 47 heavy (non-hydrogen) atoms. The van der Waals surface area contributed by atoms with Gasteiger partial charge < -0.3 is 29.4 Å². The predicted octanol–water partition coefficient (Wildman–Crippen LogP) is 6.02. The van der Waals surface area contributed by atoms with Crippen LogP contribution in [0, 0.1) is 11.8 Å². The van der Waals surface area contributed by atoms with Crippen LogP contribution in [-0.2, 0) is 14.3 Å². The molecule has 2 N–H and O–H groups in total. The van der Waals surface area contributed by atoms with Crippen LogP contribution in [0.4, 0.5) is 4.79 Å². The van der Waals surface area contributed by atoms with Crippen LogP contribution in [0.15, 0.2) is 60.5 Å². The maximum absolute atomic E-state index is 13.4. The van der Waals surface area contributed by atoms with Gasteiger partial charge in [-0.2, -0.15) is 0 Å². The second kappa shape index (κ2) is 19.6. The lowest BCUT2D eigenvalue weighted by molar-refractivity contribution is -0.111. The summed E-state index contributed by atoms with van der Waals surface area (Å²) in [5, 5.41) is 21.7. The van der Waals surface area contributed by atoms with Gasteiger partial charge in [-0.05, 0) is 63.2 Å². The van der Waals surface area contributed by atoms with Gasteiger partial charge in [0, 0.05) is 62.9 Å². The molecule has 9 heteroatoms. The van der Waals surface area contributed by atoms with Crippen LogP contribution >= 0.6 is 0 Å². The lowest BCUT2D eigenvalue weighted by atomic mass is 9.86. The van der Waals surface area contributed by atoms with Crippen molar-refractivity contribution in [1.82, 2.24) is 14.8 Å². The minimum Gasteiger partial charge on any atom is -0.439 e. The first-order chi connectivity index (χ1) is 22.6. The molecule has 1 aliphatic carbocycles. The molecule has 1 amide bonds. The van der Waals surface area contributed by atoms with E-state index in [1.807, 2.05) is 50.4 Å². The largest absolute Gasteiger partial charge is 0.439 e. The Morgan fingerprint density at radius 3 is 2.40 bits per heavy atom. The molecule has 2 heterocycles. The highest BCUT2D eigenvalue weighted by atomic mass is 16.6. The van der Waals surface area contributed by atoms with Crippen LogP contribution in [0.25, 0.3) is 0 Å². The normalized spacial score (nSPS) is 21.8. The second-order valence-electron chi connectivity index (χ2n) is 13.7. The van der Waals surface area contributed by atoms with Gasteiger partial charge in [-0.15, -0.1) is 0 Å². The molecule has 1 saturated carbocycles. The lowest BCUT2D eigenvalue weighted by Crippen LogP contribution is -2.53. The van der Waals surface area contributed by atoms with Crippen LogP contribution in [0.2, 0.25) is 0 Å². The zero-order chi connectivity index (χ0) is 34.2. The number of amides is 1. The van der Waals surface area contributed by atoms with E-state index in [4.69, 9.17) is 4.74 Å². The molecule has 2 aliphatic rings. The molecule has 0 radical (unpaired) electrons. The highest BCUT2D eigenvalue weighted by molar-refractivity contribution is 5.68. The van der Waals surface area contributed by atoms with Gasteiger partial charge in [0.1, 0.15) is 18.2 Å². The van der Waals surface area contributed by atoms with E-state index in [9.17, 15) is 24.6 Å². The van der Waals surface area contributed by atoms with Crippen LogP contribution in [-0.4, -0.2) is 93.7 Å². The minimum atomic E-state index is -1.51. The Hall–Kier alpha value is -3.14. The van der Waals surface area contributed by atoms with Crippen LogP contribution < -0.4 is 0 Å². The Morgan fingerprint density at radius 2 is 1.79 bits per heavy atom. The summed E-state index contributed by atoms with van der Waals surface area (Å²) in [7, 11) is 0. The molecule has 6 atom stereocenters. The number of hydrogen-bond acceptors (Lipinski definition) is 8. The van der Waals surface area contributed by atoms with E-state index >= 15 is 0 Å². The third kappa shape index (κ3) is 12.4. The predicted molar refractivity (Wildman–Crippen MR) is 185 cm³/mol. The van der Waals surface area contributed by atoms with Crippen molar-refractivity contribution in [3.63, 3.8) is 0 Å². The van der Waals surface area contributed by atoms with Gasteiger partial charge in [0.25, 0.3) is 0 Å². The van der Waals surface area contributed by atoms with Crippen molar-refractivity contribution in [2.24, 2.45) is 11.8 Å². The Morgan fingerprint density at radius 1 is 1.09 bits per heavy atom. The molecule has 2 fully saturated rings. The van der Waals surface area contributed by atoms with E-state index in [1.54, 1.807) is 24.1 Å². The van der Waals surface area contributed by atoms with Crippen LogP contribution in [0.1, 0.15) is 97.0 Å². The average Bonchev–Trinajstić information content (AvgIpc) is 3.36. The number of aliphatic hydroxyl groups excluding tert-OH is 1. The zero-order valence-electron chi connectivity index (χ0n) is 28.9. The topological polar surface area (TPSA) is 120 Å². The maximum atomic E-state index is 13.4. The summed E-state index contributed by atoms with van der Waals surface area (Å²) >= 11 is 0. The third-order valence-corrected chi connectivity index (χ3v) is 9.90. The Balaban J connectivity index is 1.68. The Labute approximate surface area is 281 Å². The molecule has 0 aromatic carbocycles. The summed E-state index contributed by atoms with van der Waals surface area (Å²) < 4.78 is 5.97. The number of rotatable bonds is 16. The van der Waals surface area contributed by atoms with Gasteiger partial charge >= 0.3 is 6.09 Å². The van der Waals surface area contributed by atoms with Crippen molar-refractivity contribution in [2.45, 2.75) is 115 Å². The fraction of sp³-hybridized carbons (Fsp3) is 0.632. The molecule has 1 aromatic rings. The number of ether oxygens (including phenoxy) is 1. The molecule has 1 aromatic heterocycles. The number of aldehydes is 2. The summed E-state index contributed by atoms with van der Waals surface area (Å²) in [5.74, 6) is -0.492. The molecular weight excluding hydrogens is 594 g/mol. The van der Waals surface area contributed by atoms with Gasteiger partial charge in [-0.1, -0.05) is 75.5 Å². The number of carbonyl (C=O) groups is 3. The van der Waals surface area contributed by atoms with Crippen molar-refractivity contribution >= 4 is 18.7 Å². The van der Waals surface area contributed by atoms with Gasteiger partial charge in [0.05, 0.1) is 6.10 Å². The smallest absolute Gasteiger partial charge is 0.410 e. The first-order valence-electron chi connectivity index (χ1n) is 17.5. The number of piperazine rings is 1. The first-order valence-corrected chi connectivity index (χ1v) is 17.5. The fourth-order valence-electron chi connectivity index (χ4n) is 6.56. The fourth-order valence-corrected chi connectivity index (χ4v) is 6.56. The van der Waals surface area contributed by atoms with Crippen molar-refractivity contribution in [3.05, 3.63) is 66.0 Å². The first kappa shape index (κ1) is 38.3. The van der Waals surface area contributed by atoms with E-state index in [0.29, 0.717) is 25.4 Å². The Bertz CT molecular complexity index is 1180. The molecule has 1 aliphatic heterocycles. The summed E-state index contributed by atoms with van der Waals surface area (Å²) in [6.45, 7) is 10.2. The number of nitrogens with zero attached hydrogens (tertiary/aromatic N) is 3. The standard InChI is InChI=1S/C38H57N3O6/c1-29(32-13-10-21-39-27-32)11-9-12-30(2)35(28-43)31(3)16-17-36(38(4,46)20-18-34(44)19-26-42)47-37(45)41-24-22-40(23-25-41)33-14-7-5-6-8-15-33/h9-13,16-17,21,26-29,31,33-36,44,46H,5-8,14-15,18-20,22-25H2,1-4H3/b11-9+,17-16+,30-12+/t29?,31-,34-,35+,36-,38-/m0/s1. The summed E-state index contributed by atoms with van der Waals surface area (Å²) in [4.78, 5) is 44.9. The summed E-state index contributed by atoms with van der Waals surface area (Å²) in [6.07, 6.45) is 20.0. The molecule has 0 spiro atoms. The number of aromatic nitrogens is 1. The molecule has 0 bridgehead atoms. The van der Waals surface area contributed by atoms with Crippen molar-refractivity contribution in [3.8, 4) is 0 Å². The maximum Gasteiger partial charge on any atom is 0.410 e. The van der Waals surface area contributed by atoms with E-state index in [2.05, 4.69) is 22.9 Å². The average molecular weight is 652 g/mol. The van der Waals surface area contributed by atoms with Gasteiger partial charge in [-0.3, -0.25) is 9.88 Å². The molecule has 1 saturated heterocycles. The third-order valence-electron chi connectivity index (χ3n) is 9.90. The van der Waals surface area contributed by atoms with E-state index in [-0.39, 0.29) is 31.1 Å². The van der Waals surface area contributed by atoms with Gasteiger partial charge in [-0.25, -0.2) is 4.79 Å². The van der Waals surface area contributed by atoms with Gasteiger partial charge in [0.15, 0.2) is 6.10 Å². The highest BCUT2D eigenvalue weighted by Gasteiger charge is 2.36. The second-order valence-corrected chi connectivity index (χ2v) is 13.7. The number of carbonyl (C=O) groups excluding carboxylic acids is 3. The molecule has 260 valence electrons. The molecule has 9 nitrogen and oxygen atoms in total. The van der Waals surface area contributed by atoms with E-state index in [1.165, 1.54) is 38.5 Å². The summed E-state index contributed by atoms with van der Waals surface area (Å²) in [6, 6.07) is 4.51.